The fraction of sp³-hybridized carbons (Fsp3) is 0.929. The number of amides is 1. The topological polar surface area (TPSA) is 66.0 Å². The maximum Gasteiger partial charge on any atom is 0.521 e. The molecule has 0 aliphatic rings. The molecule has 32 heavy (non-hydrogen) atoms. The Morgan fingerprint density at radius 3 is 1.47 bits per heavy atom. The van der Waals surface area contributed by atoms with Gasteiger partial charge in [0.15, 0.2) is 6.61 Å². The summed E-state index contributed by atoms with van der Waals surface area (Å²) in [5.41, 5.74) is 0. The van der Waals surface area contributed by atoms with E-state index in [0.29, 0.717) is 0 Å². The van der Waals surface area contributed by atoms with E-state index in [9.17, 15) is 53.1 Å². The minimum absolute atomic E-state index is 0.00422. The summed E-state index contributed by atoms with van der Waals surface area (Å²) in [5.74, 6) is -28.7. The average Bonchev–Trinajstić information content (AvgIpc) is 2.64. The molecule has 6 nitrogen and oxygen atoms in total. The van der Waals surface area contributed by atoms with Crippen molar-refractivity contribution in [3.8, 4) is 0 Å². The van der Waals surface area contributed by atoms with Gasteiger partial charge in [-0.05, 0) is 20.8 Å². The van der Waals surface area contributed by atoms with E-state index in [4.69, 9.17) is 13.3 Å². The number of alkyl carbamates (subject to hydrolysis) is 1. The molecule has 0 aliphatic carbocycles. The number of hydrogen-bond donors (Lipinski definition) is 1. The van der Waals surface area contributed by atoms with Crippen molar-refractivity contribution in [3.05, 3.63) is 0 Å². The Balaban J connectivity index is 5.38. The molecule has 192 valence electrons. The van der Waals surface area contributed by atoms with Crippen molar-refractivity contribution in [2.75, 3.05) is 32.6 Å². The van der Waals surface area contributed by atoms with Gasteiger partial charge in [0.05, 0.1) is 6.17 Å². The van der Waals surface area contributed by atoms with Crippen LogP contribution in [0.3, 0.4) is 0 Å². The van der Waals surface area contributed by atoms with Crippen LogP contribution in [0.4, 0.5) is 53.1 Å². The van der Waals surface area contributed by atoms with E-state index in [1.54, 1.807) is 5.32 Å². The van der Waals surface area contributed by atoms with Crippen LogP contribution in [0.2, 0.25) is 0 Å². The van der Waals surface area contributed by atoms with Gasteiger partial charge in [-0.1, -0.05) is 0 Å². The van der Waals surface area contributed by atoms with Gasteiger partial charge in [-0.2, -0.15) is 48.3 Å². The molecule has 0 heterocycles. The summed E-state index contributed by atoms with van der Waals surface area (Å²) in [6.07, 6.45) is -9.88. The average molecular weight is 519 g/mol. The number of nitrogens with one attached hydrogen (secondary N) is 1. The van der Waals surface area contributed by atoms with Crippen LogP contribution in [0.15, 0.2) is 0 Å². The molecule has 0 spiro atoms. The van der Waals surface area contributed by atoms with E-state index in [0.717, 1.165) is 0 Å². The van der Waals surface area contributed by atoms with Crippen LogP contribution in [0.1, 0.15) is 20.8 Å². The van der Waals surface area contributed by atoms with E-state index in [1.807, 2.05) is 0 Å². The van der Waals surface area contributed by atoms with Crippen molar-refractivity contribution in [2.24, 2.45) is 0 Å². The van der Waals surface area contributed by atoms with E-state index in [2.05, 4.69) is 4.74 Å². The smallest absolute Gasteiger partial charge is 0.443 e. The van der Waals surface area contributed by atoms with Gasteiger partial charge in [0, 0.05) is 19.8 Å². The van der Waals surface area contributed by atoms with Gasteiger partial charge in [0.25, 0.3) is 0 Å². The largest absolute Gasteiger partial charge is 0.521 e. The molecule has 18 heteroatoms. The first kappa shape index (κ1) is 30.6. The summed E-state index contributed by atoms with van der Waals surface area (Å²) in [6, 6.07) is 0. The zero-order valence-corrected chi connectivity index (χ0v) is 17.7. The highest BCUT2D eigenvalue weighted by Crippen LogP contribution is 2.57. The van der Waals surface area contributed by atoms with Gasteiger partial charge in [0.1, 0.15) is 0 Å². The monoisotopic (exact) mass is 519 g/mol. The molecule has 0 unspecified atom stereocenters. The predicted octanol–water partition coefficient (Wildman–Crippen LogP) is 4.40. The second-order valence-electron chi connectivity index (χ2n) is 5.84. The summed E-state index contributed by atoms with van der Waals surface area (Å²) in [7, 11) is -3.64. The fourth-order valence-electron chi connectivity index (χ4n) is 2.02. The molecule has 1 N–H and O–H groups in total. The molecule has 0 rings (SSSR count). The van der Waals surface area contributed by atoms with Crippen LogP contribution in [0.5, 0.6) is 0 Å². The number of ether oxygens (including phenoxy) is 1. The van der Waals surface area contributed by atoms with Crippen molar-refractivity contribution < 1.29 is 71.1 Å². The quantitative estimate of drug-likeness (QED) is 0.289. The van der Waals surface area contributed by atoms with E-state index in [-0.39, 0.29) is 19.8 Å². The van der Waals surface area contributed by atoms with Crippen molar-refractivity contribution in [1.82, 2.24) is 5.32 Å². The summed E-state index contributed by atoms with van der Waals surface area (Å²) < 4.78 is 161. The highest BCUT2D eigenvalue weighted by molar-refractivity contribution is 6.61. The summed E-state index contributed by atoms with van der Waals surface area (Å²) in [4.78, 5) is 11.5. The highest BCUT2D eigenvalue weighted by Gasteiger charge is 2.87. The third-order valence-electron chi connectivity index (χ3n) is 3.53. The minimum Gasteiger partial charge on any atom is -0.443 e. The minimum atomic E-state index is -7.58. The Hall–Kier alpha value is -1.40. The molecule has 0 saturated heterocycles. The van der Waals surface area contributed by atoms with Crippen LogP contribution in [-0.4, -0.2) is 77.4 Å². The molecule has 0 bridgehead atoms. The fourth-order valence-corrected chi connectivity index (χ4v) is 4.26. The van der Waals surface area contributed by atoms with Gasteiger partial charge in [-0.25, -0.2) is 4.79 Å². The maximum atomic E-state index is 13.5. The zero-order valence-electron chi connectivity index (χ0n) is 16.7. The van der Waals surface area contributed by atoms with Crippen LogP contribution in [0, 0.1) is 0 Å². The lowest BCUT2D eigenvalue weighted by molar-refractivity contribution is -0.423. The summed E-state index contributed by atoms with van der Waals surface area (Å²) >= 11 is 0. The summed E-state index contributed by atoms with van der Waals surface area (Å²) in [5, 5.41) is 1.73. The third-order valence-corrected chi connectivity index (χ3v) is 6.33. The first-order valence-electron chi connectivity index (χ1n) is 8.69. The van der Waals surface area contributed by atoms with Crippen LogP contribution >= 0.6 is 0 Å². The highest BCUT2D eigenvalue weighted by atomic mass is 28.4. The number of carbonyl (C=O) groups excluding carboxylic acids is 1. The molecule has 0 aromatic rings. The maximum absolute atomic E-state index is 13.5. The zero-order chi connectivity index (χ0) is 25.6. The second kappa shape index (κ2) is 10.7. The lowest BCUT2D eigenvalue weighted by Crippen LogP contribution is -2.67. The summed E-state index contributed by atoms with van der Waals surface area (Å²) in [6.45, 7) is 1.52. The Kier molecular flexibility index (Phi) is 10.2. The molecule has 0 atom stereocenters. The third kappa shape index (κ3) is 6.34. The Bertz CT molecular complexity index is 601. The van der Waals surface area contributed by atoms with Crippen LogP contribution in [-0.2, 0) is 18.0 Å². The number of halogens is 11. The molecule has 0 saturated carbocycles. The van der Waals surface area contributed by atoms with Gasteiger partial charge in [0.2, 0.25) is 0 Å². The van der Waals surface area contributed by atoms with Crippen LogP contribution in [0.25, 0.3) is 0 Å². The number of carbonyl (C=O) groups is 1. The van der Waals surface area contributed by atoms with Gasteiger partial charge < -0.3 is 23.3 Å². The van der Waals surface area contributed by atoms with Gasteiger partial charge >= 0.3 is 44.8 Å². The lowest BCUT2D eigenvalue weighted by Gasteiger charge is -2.36. The number of hydrogen-bond acceptors (Lipinski definition) is 5. The van der Waals surface area contributed by atoms with E-state index in [1.165, 1.54) is 20.8 Å². The molecular weight excluding hydrogens is 499 g/mol. The first-order valence-corrected chi connectivity index (χ1v) is 10.6. The number of rotatable bonds is 13. The molecule has 0 aliphatic heterocycles. The molecular formula is C14H20F11NO5Si. The lowest BCUT2D eigenvalue weighted by atomic mass is 9.98. The Labute approximate surface area is 175 Å². The Morgan fingerprint density at radius 1 is 0.719 bits per heavy atom. The van der Waals surface area contributed by atoms with E-state index < -0.39 is 57.5 Å². The van der Waals surface area contributed by atoms with Crippen molar-refractivity contribution in [2.45, 2.75) is 50.6 Å². The SMILES string of the molecule is CCO[Si](CNC(=O)OCC(F)(F)C(F)(F)C(F)(F)C(F)(F)C(F)(F)F)(OCC)OCC. The van der Waals surface area contributed by atoms with E-state index >= 15 is 0 Å². The van der Waals surface area contributed by atoms with Crippen molar-refractivity contribution in [3.63, 3.8) is 0 Å². The first-order chi connectivity index (χ1) is 14.3. The standard InChI is InChI=1S/C14H20F11NO5Si/c1-4-29-32(30-5-2,31-6-3)8-26-9(27)28-7-10(15,16)11(17,18)12(19,20)13(21,22)14(23,24)25/h4-8H2,1-3H3,(H,26,27). The Morgan fingerprint density at radius 2 is 1.12 bits per heavy atom. The molecule has 0 radical (unpaired) electrons. The molecule has 0 fully saturated rings. The van der Waals surface area contributed by atoms with Crippen molar-refractivity contribution >= 4 is 14.9 Å². The van der Waals surface area contributed by atoms with Gasteiger partial charge in [-0.15, -0.1) is 0 Å². The van der Waals surface area contributed by atoms with Crippen molar-refractivity contribution in [1.29, 1.82) is 0 Å². The number of alkyl halides is 11. The molecule has 0 aromatic heterocycles. The molecule has 0 aromatic carbocycles. The second-order valence-corrected chi connectivity index (χ2v) is 8.42. The molecule has 1 amide bonds. The van der Waals surface area contributed by atoms with Gasteiger partial charge in [-0.3, -0.25) is 0 Å². The van der Waals surface area contributed by atoms with Crippen LogP contribution < -0.4 is 5.32 Å². The normalized spacial score (nSPS) is 14.4. The predicted molar refractivity (Wildman–Crippen MR) is 85.8 cm³/mol.